The van der Waals surface area contributed by atoms with Gasteiger partial charge in [-0.1, -0.05) is 23.2 Å². The van der Waals surface area contributed by atoms with Crippen molar-refractivity contribution in [3.05, 3.63) is 27.7 Å². The largest absolute Gasteiger partial charge is 0.494 e. The van der Waals surface area contributed by atoms with Gasteiger partial charge < -0.3 is 9.64 Å². The Morgan fingerprint density at radius 1 is 1.36 bits per heavy atom. The molecule has 0 radical (unpaired) electrons. The van der Waals surface area contributed by atoms with E-state index in [4.69, 9.17) is 27.9 Å². The molecule has 1 aromatic carbocycles. The molecule has 1 fully saturated rings. The standard InChI is InChI=1S/C14H17Cl2NO4S/c1-3-17(10-4-5-22(19,20)8-10)14(18)9-6-11(15)13(21-2)12(16)7-9/h6-7,10H,3-5,8H2,1-2H3. The van der Waals surface area contributed by atoms with Crippen molar-refractivity contribution in [2.24, 2.45) is 0 Å². The summed E-state index contributed by atoms with van der Waals surface area (Å²) in [5.41, 5.74) is 0.321. The Hall–Kier alpha value is -0.980. The number of hydrogen-bond acceptors (Lipinski definition) is 4. The fraction of sp³-hybridized carbons (Fsp3) is 0.500. The van der Waals surface area contributed by atoms with Crippen molar-refractivity contribution >= 4 is 38.9 Å². The van der Waals surface area contributed by atoms with Crippen LogP contribution in [0, 0.1) is 0 Å². The summed E-state index contributed by atoms with van der Waals surface area (Å²) in [6.07, 6.45) is 0.458. The molecular formula is C14H17Cl2NO4S. The van der Waals surface area contributed by atoms with E-state index in [2.05, 4.69) is 0 Å². The highest BCUT2D eigenvalue weighted by Crippen LogP contribution is 2.34. The summed E-state index contributed by atoms with van der Waals surface area (Å²) in [4.78, 5) is 14.2. The van der Waals surface area contributed by atoms with E-state index < -0.39 is 9.84 Å². The number of carbonyl (C=O) groups excluding carboxylic acids is 1. The summed E-state index contributed by atoms with van der Waals surface area (Å²) in [7, 11) is -1.62. The molecule has 1 aliphatic rings. The SMILES string of the molecule is CCN(C(=O)c1cc(Cl)c(OC)c(Cl)c1)C1CCS(=O)(=O)C1. The first-order valence-electron chi connectivity index (χ1n) is 6.83. The highest BCUT2D eigenvalue weighted by molar-refractivity contribution is 7.91. The van der Waals surface area contributed by atoms with E-state index in [1.807, 2.05) is 6.92 Å². The van der Waals surface area contributed by atoms with Gasteiger partial charge in [-0.05, 0) is 25.5 Å². The minimum atomic E-state index is -3.06. The first kappa shape index (κ1) is 17.4. The van der Waals surface area contributed by atoms with Crippen LogP contribution in [0.1, 0.15) is 23.7 Å². The highest BCUT2D eigenvalue weighted by Gasteiger charge is 2.34. The van der Waals surface area contributed by atoms with E-state index in [1.54, 1.807) is 4.90 Å². The molecule has 0 N–H and O–H groups in total. The third-order valence-corrected chi connectivity index (χ3v) is 6.01. The number of rotatable bonds is 4. The maximum absolute atomic E-state index is 12.7. The van der Waals surface area contributed by atoms with Crippen molar-refractivity contribution < 1.29 is 17.9 Å². The lowest BCUT2D eigenvalue weighted by Crippen LogP contribution is -2.41. The molecule has 0 spiro atoms. The number of ether oxygens (including phenoxy) is 1. The van der Waals surface area contributed by atoms with Gasteiger partial charge in [-0.15, -0.1) is 0 Å². The Balaban J connectivity index is 2.30. The zero-order chi connectivity index (χ0) is 16.5. The Kier molecular flexibility index (Phi) is 5.25. The Morgan fingerprint density at radius 3 is 2.36 bits per heavy atom. The third kappa shape index (κ3) is 3.50. The highest BCUT2D eigenvalue weighted by atomic mass is 35.5. The number of methoxy groups -OCH3 is 1. The van der Waals surface area contributed by atoms with E-state index in [0.717, 1.165) is 0 Å². The molecule has 1 aromatic rings. The second-order valence-corrected chi connectivity index (χ2v) is 8.16. The Morgan fingerprint density at radius 2 is 1.95 bits per heavy atom. The van der Waals surface area contributed by atoms with E-state index >= 15 is 0 Å². The van der Waals surface area contributed by atoms with Crippen LogP contribution in [0.25, 0.3) is 0 Å². The van der Waals surface area contributed by atoms with Crippen LogP contribution in [0.4, 0.5) is 0 Å². The summed E-state index contributed by atoms with van der Waals surface area (Å²) >= 11 is 12.1. The minimum Gasteiger partial charge on any atom is -0.494 e. The monoisotopic (exact) mass is 365 g/mol. The van der Waals surface area contributed by atoms with Crippen LogP contribution < -0.4 is 4.74 Å². The zero-order valence-corrected chi connectivity index (χ0v) is 14.6. The molecule has 1 aliphatic heterocycles. The van der Waals surface area contributed by atoms with Gasteiger partial charge in [0.1, 0.15) is 0 Å². The molecule has 0 bridgehead atoms. The molecule has 8 heteroatoms. The van der Waals surface area contributed by atoms with Crippen LogP contribution in [0.5, 0.6) is 5.75 Å². The van der Waals surface area contributed by atoms with E-state index in [0.29, 0.717) is 24.3 Å². The topological polar surface area (TPSA) is 63.7 Å². The minimum absolute atomic E-state index is 0.00417. The second-order valence-electron chi connectivity index (χ2n) is 5.12. The fourth-order valence-corrected chi connectivity index (χ4v) is 5.01. The summed E-state index contributed by atoms with van der Waals surface area (Å²) < 4.78 is 28.3. The Bertz CT molecular complexity index is 667. The summed E-state index contributed by atoms with van der Waals surface area (Å²) in [6, 6.07) is 2.67. The zero-order valence-electron chi connectivity index (χ0n) is 12.3. The van der Waals surface area contributed by atoms with Gasteiger partial charge in [0.2, 0.25) is 0 Å². The molecule has 1 saturated heterocycles. The quantitative estimate of drug-likeness (QED) is 0.822. The van der Waals surface area contributed by atoms with Crippen LogP contribution in [0.3, 0.4) is 0 Å². The second kappa shape index (κ2) is 6.64. The van der Waals surface area contributed by atoms with Crippen molar-refractivity contribution in [2.45, 2.75) is 19.4 Å². The number of benzene rings is 1. The van der Waals surface area contributed by atoms with Crippen molar-refractivity contribution in [1.29, 1.82) is 0 Å². The van der Waals surface area contributed by atoms with Gasteiger partial charge in [-0.2, -0.15) is 0 Å². The van der Waals surface area contributed by atoms with Crippen LogP contribution >= 0.6 is 23.2 Å². The normalized spacial score (nSPS) is 19.9. The lowest BCUT2D eigenvalue weighted by molar-refractivity contribution is 0.0708. The number of halogens is 2. The number of sulfone groups is 1. The van der Waals surface area contributed by atoms with Gasteiger partial charge in [-0.3, -0.25) is 4.79 Å². The average Bonchev–Trinajstić information content (AvgIpc) is 2.79. The molecule has 1 amide bonds. The van der Waals surface area contributed by atoms with Gasteiger partial charge in [0.05, 0.1) is 28.7 Å². The van der Waals surface area contributed by atoms with E-state index in [1.165, 1.54) is 19.2 Å². The van der Waals surface area contributed by atoms with E-state index in [-0.39, 0.29) is 33.5 Å². The molecule has 22 heavy (non-hydrogen) atoms. The molecule has 1 atom stereocenters. The molecule has 5 nitrogen and oxygen atoms in total. The predicted molar refractivity (Wildman–Crippen MR) is 86.8 cm³/mol. The third-order valence-electron chi connectivity index (χ3n) is 3.70. The first-order valence-corrected chi connectivity index (χ1v) is 9.41. The molecule has 122 valence electrons. The van der Waals surface area contributed by atoms with Crippen LogP contribution in [0.2, 0.25) is 10.0 Å². The lowest BCUT2D eigenvalue weighted by atomic mass is 10.1. The molecule has 0 aliphatic carbocycles. The maximum atomic E-state index is 12.7. The van der Waals surface area contributed by atoms with Crippen LogP contribution in [-0.4, -0.2) is 50.4 Å². The van der Waals surface area contributed by atoms with Gasteiger partial charge in [0, 0.05) is 18.2 Å². The predicted octanol–water partition coefficient (Wildman–Crippen LogP) is 2.65. The van der Waals surface area contributed by atoms with Gasteiger partial charge in [-0.25, -0.2) is 8.42 Å². The van der Waals surface area contributed by atoms with Crippen LogP contribution in [-0.2, 0) is 9.84 Å². The molecule has 1 heterocycles. The fourth-order valence-electron chi connectivity index (χ4n) is 2.63. The van der Waals surface area contributed by atoms with Gasteiger partial charge in [0.25, 0.3) is 5.91 Å². The van der Waals surface area contributed by atoms with Crippen molar-refractivity contribution in [3.8, 4) is 5.75 Å². The number of amides is 1. The summed E-state index contributed by atoms with van der Waals surface area (Å²) in [6.45, 7) is 2.23. The molecule has 0 aromatic heterocycles. The average molecular weight is 366 g/mol. The molecule has 1 unspecified atom stereocenters. The van der Waals surface area contributed by atoms with E-state index in [9.17, 15) is 13.2 Å². The van der Waals surface area contributed by atoms with Crippen molar-refractivity contribution in [3.63, 3.8) is 0 Å². The molecule has 0 saturated carbocycles. The van der Waals surface area contributed by atoms with Gasteiger partial charge in [0.15, 0.2) is 15.6 Å². The Labute approximate surface area is 140 Å². The van der Waals surface area contributed by atoms with Crippen molar-refractivity contribution in [1.82, 2.24) is 4.90 Å². The number of hydrogen-bond donors (Lipinski definition) is 0. The van der Waals surface area contributed by atoms with Gasteiger partial charge >= 0.3 is 0 Å². The van der Waals surface area contributed by atoms with Crippen LogP contribution in [0.15, 0.2) is 12.1 Å². The summed E-state index contributed by atoms with van der Waals surface area (Å²) in [5.74, 6) is 0.151. The molecule has 2 rings (SSSR count). The first-order chi connectivity index (χ1) is 10.3. The maximum Gasteiger partial charge on any atom is 0.254 e. The summed E-state index contributed by atoms with van der Waals surface area (Å²) in [5, 5.41) is 0.488. The number of carbonyl (C=O) groups is 1. The number of nitrogens with zero attached hydrogens (tertiary/aromatic N) is 1. The lowest BCUT2D eigenvalue weighted by Gasteiger charge is -2.27. The molecular weight excluding hydrogens is 349 g/mol. The van der Waals surface area contributed by atoms with Crippen molar-refractivity contribution in [2.75, 3.05) is 25.2 Å². The smallest absolute Gasteiger partial charge is 0.254 e.